The molecule has 1 aliphatic rings. The molecule has 0 aliphatic carbocycles. The molecule has 2 aromatic carbocycles. The molecule has 3 aromatic rings. The number of rotatable bonds is 3. The predicted molar refractivity (Wildman–Crippen MR) is 90.5 cm³/mol. The van der Waals surface area contributed by atoms with E-state index in [0.29, 0.717) is 6.01 Å². The Morgan fingerprint density at radius 2 is 1.74 bits per heavy atom. The highest BCUT2D eigenvalue weighted by atomic mass is 16.5. The van der Waals surface area contributed by atoms with E-state index in [1.165, 1.54) is 5.56 Å². The summed E-state index contributed by atoms with van der Waals surface area (Å²) in [5, 5.41) is 3.27. The first kappa shape index (κ1) is 13.5. The number of aromatic nitrogens is 2. The Hall–Kier alpha value is -3.14. The van der Waals surface area contributed by atoms with E-state index in [4.69, 9.17) is 4.74 Å². The van der Waals surface area contributed by atoms with E-state index in [1.807, 2.05) is 30.3 Å². The molecule has 0 saturated heterocycles. The van der Waals surface area contributed by atoms with Crippen LogP contribution in [0.25, 0.3) is 11.1 Å². The number of benzene rings is 2. The van der Waals surface area contributed by atoms with Gasteiger partial charge in [0.15, 0.2) is 0 Å². The van der Waals surface area contributed by atoms with Crippen LogP contribution in [0.15, 0.2) is 73.2 Å². The molecule has 0 unspecified atom stereocenters. The normalized spacial score (nSPS) is 12.6. The number of nitrogens with one attached hydrogen (secondary N) is 1. The molecule has 1 aromatic heterocycles. The molecule has 1 aliphatic heterocycles. The summed E-state index contributed by atoms with van der Waals surface area (Å²) in [5.74, 6) is 0.724. The highest BCUT2D eigenvalue weighted by Crippen LogP contribution is 2.31. The van der Waals surface area contributed by atoms with Crippen LogP contribution in [0.3, 0.4) is 0 Å². The minimum Gasteiger partial charge on any atom is -0.424 e. The fraction of sp³-hybridized carbons (Fsp3) is 0.0526. The Labute approximate surface area is 134 Å². The van der Waals surface area contributed by atoms with Gasteiger partial charge in [0.05, 0.1) is 0 Å². The zero-order valence-electron chi connectivity index (χ0n) is 12.5. The molecule has 4 rings (SSSR count). The topological polar surface area (TPSA) is 47.0 Å². The fourth-order valence-electron chi connectivity index (χ4n) is 2.62. The van der Waals surface area contributed by atoms with Gasteiger partial charge in [0.2, 0.25) is 0 Å². The van der Waals surface area contributed by atoms with Crippen LogP contribution >= 0.6 is 0 Å². The van der Waals surface area contributed by atoms with Crippen LogP contribution in [0.2, 0.25) is 0 Å². The third-order valence-electron chi connectivity index (χ3n) is 3.73. The maximum absolute atomic E-state index is 5.61. The van der Waals surface area contributed by atoms with E-state index in [0.717, 1.165) is 34.7 Å². The van der Waals surface area contributed by atoms with Crippen molar-refractivity contribution in [1.82, 2.24) is 9.97 Å². The molecular weight excluding hydrogens is 286 g/mol. The van der Waals surface area contributed by atoms with Gasteiger partial charge in [-0.1, -0.05) is 30.8 Å². The highest BCUT2D eigenvalue weighted by molar-refractivity contribution is 5.71. The third kappa shape index (κ3) is 2.79. The summed E-state index contributed by atoms with van der Waals surface area (Å²) in [6.07, 6.45) is 4.42. The quantitative estimate of drug-likeness (QED) is 0.778. The highest BCUT2D eigenvalue weighted by Gasteiger charge is 2.14. The van der Waals surface area contributed by atoms with Crippen molar-refractivity contribution in [1.29, 1.82) is 0 Å². The summed E-state index contributed by atoms with van der Waals surface area (Å²) in [5.41, 5.74) is 5.46. The first-order chi connectivity index (χ1) is 11.3. The number of hydrogen-bond donors (Lipinski definition) is 1. The van der Waals surface area contributed by atoms with Crippen LogP contribution in [0.4, 0.5) is 5.69 Å². The van der Waals surface area contributed by atoms with Crippen molar-refractivity contribution >= 4 is 5.69 Å². The number of anilines is 1. The number of ether oxygens (including phenoxy) is 1. The van der Waals surface area contributed by atoms with E-state index in [-0.39, 0.29) is 0 Å². The molecule has 4 heteroatoms. The molecule has 0 fully saturated rings. The smallest absolute Gasteiger partial charge is 0.321 e. The lowest BCUT2D eigenvalue weighted by molar-refractivity contribution is 0.442. The van der Waals surface area contributed by atoms with Crippen molar-refractivity contribution < 1.29 is 4.74 Å². The standard InChI is InChI=1S/C19H15N3O/c1-13-9-15-10-14(7-8-18(15)22-13)16-11-20-19(21-12-16)23-17-5-3-2-4-6-17/h2-8,10-12,22H,1,9H2. The van der Waals surface area contributed by atoms with E-state index in [2.05, 4.69) is 40.1 Å². The molecule has 0 bridgehead atoms. The van der Waals surface area contributed by atoms with Crippen LogP contribution in [0.1, 0.15) is 5.56 Å². The third-order valence-corrected chi connectivity index (χ3v) is 3.73. The minimum absolute atomic E-state index is 0.344. The first-order valence-corrected chi connectivity index (χ1v) is 7.41. The predicted octanol–water partition coefficient (Wildman–Crippen LogP) is 4.42. The van der Waals surface area contributed by atoms with Gasteiger partial charge in [0.1, 0.15) is 5.75 Å². The van der Waals surface area contributed by atoms with Gasteiger partial charge in [-0.3, -0.25) is 0 Å². The van der Waals surface area contributed by atoms with Crippen LogP contribution in [-0.2, 0) is 6.42 Å². The second-order valence-electron chi connectivity index (χ2n) is 5.45. The van der Waals surface area contributed by atoms with Crippen molar-refractivity contribution in [2.45, 2.75) is 6.42 Å². The van der Waals surface area contributed by atoms with E-state index in [9.17, 15) is 0 Å². The minimum atomic E-state index is 0.344. The fourth-order valence-corrected chi connectivity index (χ4v) is 2.62. The Bertz CT molecular complexity index is 858. The molecule has 2 heterocycles. The molecular formula is C19H15N3O. The van der Waals surface area contributed by atoms with Gasteiger partial charge in [-0.05, 0) is 35.4 Å². The van der Waals surface area contributed by atoms with Crippen LogP contribution in [0, 0.1) is 0 Å². The van der Waals surface area contributed by atoms with Gasteiger partial charge in [-0.2, -0.15) is 0 Å². The molecule has 0 saturated carbocycles. The SMILES string of the molecule is C=C1Cc2cc(-c3cnc(Oc4ccccc4)nc3)ccc2N1. The average molecular weight is 301 g/mol. The maximum Gasteiger partial charge on any atom is 0.321 e. The Kier molecular flexibility index (Phi) is 3.27. The van der Waals surface area contributed by atoms with Crippen LogP contribution in [0.5, 0.6) is 11.8 Å². The second kappa shape index (κ2) is 5.57. The van der Waals surface area contributed by atoms with Gasteiger partial charge < -0.3 is 10.1 Å². The molecule has 23 heavy (non-hydrogen) atoms. The van der Waals surface area contributed by atoms with E-state index < -0.39 is 0 Å². The lowest BCUT2D eigenvalue weighted by Gasteiger charge is -2.06. The van der Waals surface area contributed by atoms with Gasteiger partial charge in [0, 0.05) is 35.8 Å². The van der Waals surface area contributed by atoms with Crippen molar-refractivity contribution in [3.8, 4) is 22.9 Å². The van der Waals surface area contributed by atoms with Crippen molar-refractivity contribution in [2.24, 2.45) is 0 Å². The Morgan fingerprint density at radius 3 is 2.52 bits per heavy atom. The monoisotopic (exact) mass is 301 g/mol. The number of allylic oxidation sites excluding steroid dienone is 1. The second-order valence-corrected chi connectivity index (χ2v) is 5.45. The van der Waals surface area contributed by atoms with Crippen LogP contribution < -0.4 is 10.1 Å². The maximum atomic E-state index is 5.61. The zero-order valence-corrected chi connectivity index (χ0v) is 12.5. The number of nitrogens with zero attached hydrogens (tertiary/aromatic N) is 2. The van der Waals surface area contributed by atoms with Crippen LogP contribution in [-0.4, -0.2) is 9.97 Å². The van der Waals surface area contributed by atoms with Crippen molar-refractivity contribution in [3.05, 3.63) is 78.8 Å². The Morgan fingerprint density at radius 1 is 0.957 bits per heavy atom. The summed E-state index contributed by atoms with van der Waals surface area (Å²) in [4.78, 5) is 8.58. The number of para-hydroxylation sites is 1. The largest absolute Gasteiger partial charge is 0.424 e. The number of hydrogen-bond acceptors (Lipinski definition) is 4. The molecule has 0 radical (unpaired) electrons. The zero-order chi connectivity index (χ0) is 15.6. The summed E-state index contributed by atoms with van der Waals surface area (Å²) < 4.78 is 5.61. The summed E-state index contributed by atoms with van der Waals surface area (Å²) >= 11 is 0. The van der Waals surface area contributed by atoms with Gasteiger partial charge in [-0.25, -0.2) is 9.97 Å². The Balaban J connectivity index is 1.57. The van der Waals surface area contributed by atoms with E-state index >= 15 is 0 Å². The number of fused-ring (bicyclic) bond motifs is 1. The van der Waals surface area contributed by atoms with Gasteiger partial charge >= 0.3 is 6.01 Å². The van der Waals surface area contributed by atoms with Crippen molar-refractivity contribution in [3.63, 3.8) is 0 Å². The molecule has 0 amide bonds. The van der Waals surface area contributed by atoms with Gasteiger partial charge in [0.25, 0.3) is 0 Å². The lowest BCUT2D eigenvalue weighted by atomic mass is 10.0. The van der Waals surface area contributed by atoms with Crippen molar-refractivity contribution in [2.75, 3.05) is 5.32 Å². The first-order valence-electron chi connectivity index (χ1n) is 7.41. The lowest BCUT2D eigenvalue weighted by Crippen LogP contribution is -1.92. The summed E-state index contributed by atoms with van der Waals surface area (Å²) in [6.45, 7) is 3.97. The average Bonchev–Trinajstić information content (AvgIpc) is 2.95. The molecule has 112 valence electrons. The molecule has 4 nitrogen and oxygen atoms in total. The summed E-state index contributed by atoms with van der Waals surface area (Å²) in [6, 6.07) is 16.1. The molecule has 1 N–H and O–H groups in total. The molecule has 0 atom stereocenters. The van der Waals surface area contributed by atoms with Gasteiger partial charge in [-0.15, -0.1) is 0 Å². The van der Waals surface area contributed by atoms with E-state index in [1.54, 1.807) is 12.4 Å². The molecule has 0 spiro atoms. The summed E-state index contributed by atoms with van der Waals surface area (Å²) in [7, 11) is 0.